The Bertz CT molecular complexity index is 2550. The summed E-state index contributed by atoms with van der Waals surface area (Å²) in [5.74, 6) is 2.54. The molecule has 4 heteroatoms. The van der Waals surface area contributed by atoms with Crippen LogP contribution in [0, 0.1) is 35.5 Å². The highest BCUT2D eigenvalue weighted by Gasteiger charge is 2.38. The molecule has 0 heterocycles. The van der Waals surface area contributed by atoms with Gasteiger partial charge in [-0.25, -0.2) is 0 Å². The van der Waals surface area contributed by atoms with Gasteiger partial charge in [-0.3, -0.25) is 0 Å². The zero-order valence-corrected chi connectivity index (χ0v) is 46.9. The van der Waals surface area contributed by atoms with E-state index in [1.807, 2.05) is 12.1 Å². The van der Waals surface area contributed by atoms with Crippen molar-refractivity contribution in [2.24, 2.45) is 35.5 Å². The molecule has 0 saturated carbocycles. The molecule has 0 radical (unpaired) electrons. The topological polar surface area (TPSA) is 55.3 Å². The van der Waals surface area contributed by atoms with Crippen molar-refractivity contribution in [3.63, 3.8) is 0 Å². The molecule has 0 N–H and O–H groups in total. The summed E-state index contributed by atoms with van der Waals surface area (Å²) in [7, 11) is -3.22. The average Bonchev–Trinajstić information content (AvgIpc) is 3.20. The van der Waals surface area contributed by atoms with Crippen LogP contribution in [0.1, 0.15) is 200 Å². The van der Waals surface area contributed by atoms with E-state index in [0.29, 0.717) is 35.3 Å². The Morgan fingerprint density at radius 2 is 0.712 bits per heavy atom. The van der Waals surface area contributed by atoms with E-state index in [-0.39, 0.29) is 38.4 Å². The maximum atomic E-state index is 12.9. The molecule has 0 aromatic heterocycles. The summed E-state index contributed by atoms with van der Waals surface area (Å²) >= 11 is 0. The van der Waals surface area contributed by atoms with Crippen LogP contribution in [0.4, 0.5) is 0 Å². The number of benzene rings is 5. The number of fused-ring (bicyclic) bond motifs is 2. The van der Waals surface area contributed by atoms with Crippen LogP contribution in [-0.4, -0.2) is 0 Å². The lowest BCUT2D eigenvalue weighted by Gasteiger charge is -2.38. The lowest BCUT2D eigenvalue weighted by atomic mass is 9.66. The normalized spacial score (nSPS) is 14.0. The molecule has 0 bridgehead atoms. The van der Waals surface area contributed by atoms with Crippen molar-refractivity contribution in [2.75, 3.05) is 0 Å². The molecule has 0 fully saturated rings. The molecule has 0 amide bonds. The van der Waals surface area contributed by atoms with Gasteiger partial charge < -0.3 is 14.3 Å². The van der Waals surface area contributed by atoms with Crippen molar-refractivity contribution in [3.8, 4) is 28.0 Å². The van der Waals surface area contributed by atoms with Gasteiger partial charge in [0.1, 0.15) is 5.75 Å². The van der Waals surface area contributed by atoms with Crippen LogP contribution in [0.3, 0.4) is 0 Å². The van der Waals surface area contributed by atoms with E-state index in [1.54, 1.807) is 0 Å². The largest absolute Gasteiger partial charge is 0.810 e. The molecule has 5 aromatic carbocycles. The maximum Gasteiger partial charge on any atom is 0.128 e. The van der Waals surface area contributed by atoms with Crippen LogP contribution in [-0.2, 0) is 32.5 Å². The first kappa shape index (κ1) is 53.7. The quantitative estimate of drug-likeness (QED) is 0.0927. The van der Waals surface area contributed by atoms with E-state index in [4.69, 9.17) is 4.52 Å². The molecule has 0 aliphatic heterocycles. The third-order valence-corrected chi connectivity index (χ3v) is 19.2. The second-order valence-electron chi connectivity index (χ2n) is 25.5. The molecule has 5 aromatic rings. The van der Waals surface area contributed by atoms with Crippen LogP contribution in [0.15, 0.2) is 66.7 Å². The van der Waals surface area contributed by atoms with Gasteiger partial charge in [-0.1, -0.05) is 211 Å². The predicted molar refractivity (Wildman–Crippen MR) is 287 cm³/mol. The van der Waals surface area contributed by atoms with E-state index < -0.39 is 8.60 Å². The summed E-state index contributed by atoms with van der Waals surface area (Å²) < 4.78 is 6.03. The number of hydrogen-bond donors (Lipinski definition) is 0. The van der Waals surface area contributed by atoms with Crippen molar-refractivity contribution >= 4 is 30.1 Å². The maximum absolute atomic E-state index is 12.9. The minimum absolute atomic E-state index is 0.0414. The molecule has 0 unspecified atom stereocenters. The Hall–Kier alpha value is -3.23. The first-order chi connectivity index (χ1) is 30.0. The highest BCUT2D eigenvalue weighted by Crippen LogP contribution is 2.53. The monoisotopic (exact) mass is 913 g/mol. The highest BCUT2D eigenvalue weighted by atomic mass is 31.2. The Balaban J connectivity index is 2.14. The smallest absolute Gasteiger partial charge is 0.128 e. The molecule has 0 saturated heterocycles. The van der Waals surface area contributed by atoms with Crippen LogP contribution < -0.4 is 14.3 Å². The van der Waals surface area contributed by atoms with E-state index in [9.17, 15) is 9.79 Å². The first-order valence-corrected chi connectivity index (χ1v) is 26.4. The Kier molecular flexibility index (Phi) is 15.1. The Labute approximate surface area is 405 Å². The number of hydrogen-bond acceptors (Lipinski definition) is 3. The van der Waals surface area contributed by atoms with Gasteiger partial charge in [-0.2, -0.15) is 0 Å². The Morgan fingerprint density at radius 1 is 0.379 bits per heavy atom. The summed E-state index contributed by atoms with van der Waals surface area (Å²) in [6.45, 7) is 56.4. The molecule has 0 spiro atoms. The first-order valence-electron chi connectivity index (χ1n) is 25.3. The minimum Gasteiger partial charge on any atom is -0.810 e. The van der Waals surface area contributed by atoms with Gasteiger partial charge in [0, 0.05) is 5.56 Å². The summed E-state index contributed by atoms with van der Waals surface area (Å²) in [5, 5.41) is 4.91. The minimum atomic E-state index is -3.22. The molecule has 5 rings (SSSR count). The SMILES string of the molecule is CC(C)C(C)(C)c1cc(C(C)(C)C(C)C)c2cc(-c3cccc(OP([O-])[O-])c3-c3cc4c(C(C)(C)C(C)C)cc(C(C)(C)C(C)C)cc4cc3C(C)(C)C(C)C)c(C(C)(C)C(C)C)cc2c1. The van der Waals surface area contributed by atoms with Crippen LogP contribution in [0.25, 0.3) is 43.8 Å². The standard InChI is InChI=1S/C62H89O3P/c1-36(2)57(13,14)44-28-42-30-51(59(17,18)38(5)6)49(34-47(42)53(32-44)61(21,22)40(9)10)46-26-25-27-55(65-66(63)64)56(46)50-35-48-43(31-52(50)60(19,20)39(7)8)29-45(58(15,16)37(3)4)33-54(48)62(23,24)41(11)12/h25-41H,1-24H3/q-2. The molecule has 0 aliphatic rings. The summed E-state index contributed by atoms with van der Waals surface area (Å²) in [6.07, 6.45) is 0. The van der Waals surface area contributed by atoms with Gasteiger partial charge >= 0.3 is 0 Å². The fourth-order valence-electron chi connectivity index (χ4n) is 9.23. The lowest BCUT2D eigenvalue weighted by Crippen LogP contribution is -2.29. The van der Waals surface area contributed by atoms with Gasteiger partial charge in [0.15, 0.2) is 0 Å². The second kappa shape index (κ2) is 18.6. The third kappa shape index (κ3) is 9.55. The van der Waals surface area contributed by atoms with E-state index >= 15 is 0 Å². The van der Waals surface area contributed by atoms with Gasteiger partial charge in [0.05, 0.1) is 0 Å². The fourth-order valence-corrected chi connectivity index (χ4v) is 9.54. The van der Waals surface area contributed by atoms with E-state index in [1.165, 1.54) is 54.9 Å². The van der Waals surface area contributed by atoms with Crippen LogP contribution in [0.5, 0.6) is 5.75 Å². The van der Waals surface area contributed by atoms with Gasteiger partial charge in [-0.15, -0.1) is 0 Å². The highest BCUT2D eigenvalue weighted by molar-refractivity contribution is 7.36. The van der Waals surface area contributed by atoms with E-state index in [0.717, 1.165) is 22.3 Å². The van der Waals surface area contributed by atoms with E-state index in [2.05, 4.69) is 221 Å². The predicted octanol–water partition coefficient (Wildman–Crippen LogP) is 17.3. The summed E-state index contributed by atoms with van der Waals surface area (Å²) in [4.78, 5) is 25.9. The molecular weight excluding hydrogens is 824 g/mol. The molecule has 66 heavy (non-hydrogen) atoms. The van der Waals surface area contributed by atoms with Crippen molar-refractivity contribution in [2.45, 2.75) is 199 Å². The molecule has 3 nitrogen and oxygen atoms in total. The third-order valence-electron chi connectivity index (χ3n) is 18.9. The van der Waals surface area contributed by atoms with Crippen molar-refractivity contribution < 1.29 is 14.3 Å². The van der Waals surface area contributed by atoms with Crippen molar-refractivity contribution in [1.29, 1.82) is 0 Å². The summed E-state index contributed by atoms with van der Waals surface area (Å²) in [6, 6.07) is 25.7. The van der Waals surface area contributed by atoms with Gasteiger partial charge in [0.2, 0.25) is 0 Å². The van der Waals surface area contributed by atoms with Gasteiger partial charge in [-0.05, 0) is 170 Å². The molecular formula is C62H89O3P-2. The molecule has 0 atom stereocenters. The van der Waals surface area contributed by atoms with Crippen molar-refractivity contribution in [3.05, 3.63) is 100 Å². The van der Waals surface area contributed by atoms with Gasteiger partial charge in [0.25, 0.3) is 0 Å². The average molecular weight is 913 g/mol. The fraction of sp³-hybridized carbons (Fsp3) is 0.581. The van der Waals surface area contributed by atoms with Crippen molar-refractivity contribution in [1.82, 2.24) is 0 Å². The second-order valence-corrected chi connectivity index (χ2v) is 26.2. The molecule has 362 valence electrons. The van der Waals surface area contributed by atoms with Crippen LogP contribution in [0.2, 0.25) is 0 Å². The lowest BCUT2D eigenvalue weighted by molar-refractivity contribution is -0.310. The van der Waals surface area contributed by atoms with Crippen LogP contribution >= 0.6 is 8.60 Å². The summed E-state index contributed by atoms with van der Waals surface area (Å²) in [5.41, 5.74) is 10.8. The molecule has 0 aliphatic carbocycles. The Morgan fingerprint density at radius 3 is 1.06 bits per heavy atom. The zero-order chi connectivity index (χ0) is 50.2. The number of rotatable bonds is 16. The zero-order valence-electron chi connectivity index (χ0n) is 46.0.